The molecule has 3 aromatic carbocycles. The van der Waals surface area contributed by atoms with Gasteiger partial charge in [0, 0.05) is 13.2 Å². The molecule has 0 bridgehead atoms. The van der Waals surface area contributed by atoms with Crippen LogP contribution in [0.2, 0.25) is 0 Å². The van der Waals surface area contributed by atoms with Crippen molar-refractivity contribution in [3.05, 3.63) is 77.9 Å². The second-order valence-corrected chi connectivity index (χ2v) is 7.92. The van der Waals surface area contributed by atoms with E-state index in [0.717, 1.165) is 29.2 Å². The van der Waals surface area contributed by atoms with Gasteiger partial charge >= 0.3 is 5.97 Å². The first-order chi connectivity index (χ1) is 16.1. The minimum Gasteiger partial charge on any atom is -0.452 e. The number of amides is 2. The van der Waals surface area contributed by atoms with Crippen molar-refractivity contribution >= 4 is 34.2 Å². The Balaban J connectivity index is 1.35. The summed E-state index contributed by atoms with van der Waals surface area (Å²) in [7, 11) is 0. The summed E-state index contributed by atoms with van der Waals surface area (Å²) in [6.07, 6.45) is 2.07. The summed E-state index contributed by atoms with van der Waals surface area (Å²) in [5.74, 6) is -1.32. The van der Waals surface area contributed by atoms with Crippen LogP contribution in [0.1, 0.15) is 28.8 Å². The molecule has 1 heterocycles. The molecule has 1 aliphatic heterocycles. The van der Waals surface area contributed by atoms with Crippen LogP contribution in [-0.4, -0.2) is 43.6 Å². The summed E-state index contributed by atoms with van der Waals surface area (Å²) < 4.78 is 10.6. The zero-order chi connectivity index (χ0) is 23.0. The first-order valence-electron chi connectivity index (χ1n) is 11.0. The van der Waals surface area contributed by atoms with Gasteiger partial charge in [-0.05, 0) is 41.3 Å². The highest BCUT2D eigenvalue weighted by Gasteiger charge is 2.19. The number of nitrogens with one attached hydrogen (secondary N) is 2. The Kier molecular flexibility index (Phi) is 7.32. The lowest BCUT2D eigenvalue weighted by Gasteiger charge is -2.13. The minimum atomic E-state index is -0.677. The molecule has 0 radical (unpaired) electrons. The van der Waals surface area contributed by atoms with Crippen LogP contribution in [0.3, 0.4) is 0 Å². The van der Waals surface area contributed by atoms with Crippen molar-refractivity contribution in [2.24, 2.45) is 0 Å². The van der Waals surface area contributed by atoms with Crippen LogP contribution in [0.15, 0.2) is 66.7 Å². The van der Waals surface area contributed by atoms with Crippen molar-refractivity contribution in [2.75, 3.05) is 25.1 Å². The van der Waals surface area contributed by atoms with Gasteiger partial charge in [-0.15, -0.1) is 0 Å². The van der Waals surface area contributed by atoms with Gasteiger partial charge in [0.2, 0.25) is 5.91 Å². The third-order valence-electron chi connectivity index (χ3n) is 5.54. The summed E-state index contributed by atoms with van der Waals surface area (Å²) in [5.41, 5.74) is 1.43. The smallest absolute Gasteiger partial charge is 0.340 e. The number of hydrogen-bond acceptors (Lipinski definition) is 5. The van der Waals surface area contributed by atoms with Gasteiger partial charge in [-0.3, -0.25) is 9.59 Å². The van der Waals surface area contributed by atoms with Crippen LogP contribution >= 0.6 is 0 Å². The highest BCUT2D eigenvalue weighted by molar-refractivity contribution is 6.03. The molecule has 170 valence electrons. The molecular formula is C26H26N2O5. The van der Waals surface area contributed by atoms with Crippen molar-refractivity contribution in [1.82, 2.24) is 5.32 Å². The van der Waals surface area contributed by atoms with Crippen molar-refractivity contribution in [2.45, 2.75) is 25.4 Å². The van der Waals surface area contributed by atoms with Crippen LogP contribution in [0.25, 0.3) is 10.8 Å². The highest BCUT2D eigenvalue weighted by atomic mass is 16.5. The zero-order valence-electron chi connectivity index (χ0n) is 18.2. The molecule has 0 aliphatic carbocycles. The standard InChI is InChI=1S/C26H26N2O5/c29-24(15-19-9-5-8-18-7-1-2-11-21(18)19)28-23-13-4-3-12-22(23)26(31)33-17-25(30)27-16-20-10-6-14-32-20/h1-5,7-9,11-13,20H,6,10,14-17H2,(H,27,30)(H,28,29)/t20-/m1/s1. The van der Waals surface area contributed by atoms with Gasteiger partial charge in [-0.25, -0.2) is 4.79 Å². The summed E-state index contributed by atoms with van der Waals surface area (Å²) in [6.45, 7) is 0.708. The van der Waals surface area contributed by atoms with Gasteiger partial charge in [0.25, 0.3) is 5.91 Å². The average molecular weight is 447 g/mol. The predicted molar refractivity (Wildman–Crippen MR) is 125 cm³/mol. The van der Waals surface area contributed by atoms with E-state index in [1.807, 2.05) is 42.5 Å². The molecule has 7 heteroatoms. The molecule has 1 fully saturated rings. The third kappa shape index (κ3) is 5.96. The Morgan fingerprint density at radius 2 is 1.73 bits per heavy atom. The average Bonchev–Trinajstić information content (AvgIpc) is 3.35. The molecule has 2 N–H and O–H groups in total. The first-order valence-corrected chi connectivity index (χ1v) is 11.0. The number of anilines is 1. The SMILES string of the molecule is O=C(COC(=O)c1ccccc1NC(=O)Cc1cccc2ccccc12)NC[C@H]1CCCO1. The molecule has 33 heavy (non-hydrogen) atoms. The van der Waals surface area contributed by atoms with Crippen molar-refractivity contribution in [3.8, 4) is 0 Å². The molecule has 4 rings (SSSR count). The Bertz CT molecular complexity index is 1150. The van der Waals surface area contributed by atoms with Gasteiger partial charge in [-0.1, -0.05) is 54.6 Å². The maximum atomic E-state index is 12.7. The lowest BCUT2D eigenvalue weighted by atomic mass is 10.0. The normalized spacial score (nSPS) is 15.2. The molecule has 1 saturated heterocycles. The van der Waals surface area contributed by atoms with E-state index in [4.69, 9.17) is 9.47 Å². The quantitative estimate of drug-likeness (QED) is 0.517. The fraction of sp³-hybridized carbons (Fsp3) is 0.269. The van der Waals surface area contributed by atoms with E-state index in [9.17, 15) is 14.4 Å². The van der Waals surface area contributed by atoms with Crippen molar-refractivity contribution in [3.63, 3.8) is 0 Å². The Morgan fingerprint density at radius 1 is 0.939 bits per heavy atom. The van der Waals surface area contributed by atoms with Gasteiger partial charge in [0.15, 0.2) is 6.61 Å². The Labute approximate surface area is 192 Å². The topological polar surface area (TPSA) is 93.7 Å². The molecule has 3 aromatic rings. The number of esters is 1. The lowest BCUT2D eigenvalue weighted by Crippen LogP contribution is -2.34. The number of ether oxygens (including phenoxy) is 2. The minimum absolute atomic E-state index is 0.0160. The van der Waals surface area contributed by atoms with Crippen molar-refractivity contribution < 1.29 is 23.9 Å². The van der Waals surface area contributed by atoms with E-state index < -0.39 is 18.5 Å². The van der Waals surface area contributed by atoms with E-state index in [1.54, 1.807) is 24.3 Å². The van der Waals surface area contributed by atoms with Crippen LogP contribution in [0.4, 0.5) is 5.69 Å². The summed E-state index contributed by atoms with van der Waals surface area (Å²) in [4.78, 5) is 37.3. The predicted octanol–water partition coefficient (Wildman–Crippen LogP) is 3.47. The molecule has 0 aromatic heterocycles. The van der Waals surface area contributed by atoms with Crippen molar-refractivity contribution in [1.29, 1.82) is 0 Å². The fourth-order valence-corrected chi connectivity index (χ4v) is 3.88. The maximum absolute atomic E-state index is 12.7. The molecule has 0 saturated carbocycles. The first kappa shape index (κ1) is 22.5. The number of hydrogen-bond donors (Lipinski definition) is 2. The summed E-state index contributed by atoms with van der Waals surface area (Å²) in [5, 5.41) is 7.58. The van der Waals surface area contributed by atoms with Crippen LogP contribution < -0.4 is 10.6 Å². The molecular weight excluding hydrogens is 420 g/mol. The Hall–Kier alpha value is -3.71. The number of carbonyl (C=O) groups excluding carboxylic acids is 3. The fourth-order valence-electron chi connectivity index (χ4n) is 3.88. The van der Waals surface area contributed by atoms with Gasteiger partial charge in [0.05, 0.1) is 23.8 Å². The highest BCUT2D eigenvalue weighted by Crippen LogP contribution is 2.21. The molecule has 0 unspecified atom stereocenters. The largest absolute Gasteiger partial charge is 0.452 e. The number of rotatable bonds is 8. The van der Waals surface area contributed by atoms with E-state index in [2.05, 4.69) is 10.6 Å². The van der Waals surface area contributed by atoms with Gasteiger partial charge < -0.3 is 20.1 Å². The van der Waals surface area contributed by atoms with E-state index >= 15 is 0 Å². The van der Waals surface area contributed by atoms with Gasteiger partial charge in [0.1, 0.15) is 0 Å². The third-order valence-corrected chi connectivity index (χ3v) is 5.54. The molecule has 2 amide bonds. The molecule has 7 nitrogen and oxygen atoms in total. The lowest BCUT2D eigenvalue weighted by molar-refractivity contribution is -0.124. The molecule has 1 aliphatic rings. The maximum Gasteiger partial charge on any atom is 0.340 e. The van der Waals surface area contributed by atoms with Gasteiger partial charge in [-0.2, -0.15) is 0 Å². The summed E-state index contributed by atoms with van der Waals surface area (Å²) >= 11 is 0. The number of para-hydroxylation sites is 1. The van der Waals surface area contributed by atoms with Crippen LogP contribution in [-0.2, 0) is 25.5 Å². The molecule has 1 atom stereocenters. The van der Waals surface area contributed by atoms with Crippen LogP contribution in [0.5, 0.6) is 0 Å². The van der Waals surface area contributed by atoms with Crippen LogP contribution in [0, 0.1) is 0 Å². The summed E-state index contributed by atoms with van der Waals surface area (Å²) in [6, 6.07) is 20.3. The monoisotopic (exact) mass is 446 g/mol. The number of benzene rings is 3. The number of fused-ring (bicyclic) bond motifs is 1. The second-order valence-electron chi connectivity index (χ2n) is 7.92. The zero-order valence-corrected chi connectivity index (χ0v) is 18.2. The number of carbonyl (C=O) groups is 3. The van der Waals surface area contributed by atoms with E-state index in [1.165, 1.54) is 0 Å². The van der Waals surface area contributed by atoms with E-state index in [0.29, 0.717) is 18.8 Å². The molecule has 0 spiro atoms. The Morgan fingerprint density at radius 3 is 2.58 bits per heavy atom. The second kappa shape index (κ2) is 10.7. The van der Waals surface area contributed by atoms with E-state index in [-0.39, 0.29) is 24.0 Å².